The van der Waals surface area contributed by atoms with E-state index in [-0.39, 0.29) is 35.6 Å². The maximum absolute atomic E-state index is 13.1. The number of pyridine rings is 2. The highest BCUT2D eigenvalue weighted by molar-refractivity contribution is 6.23. The van der Waals surface area contributed by atoms with E-state index >= 15 is 0 Å². The fraction of sp³-hybridized carbons (Fsp3) is 0.381. The standard InChI is InChI=1S/C42H44N8O9/c1-47-22-33(29-11-12-43-18-32(29)40(47)53)25-15-36(56-2)34(37(16-25)57-3)23-48-20-28(21-48)59-24-26-19-49(46-45-26)13-5-4-6-14-58-27-7-8-30-31(17-27)42(55)50(41(30)54)35-9-10-38(51)44-39(35)52/h7-8,11-12,15-19,22,28,35H,4-6,9-10,13-14,20-21,23-24H2,1-3H3,(H,44,51,52). The van der Waals surface area contributed by atoms with Crippen LogP contribution in [0.5, 0.6) is 17.2 Å². The van der Waals surface area contributed by atoms with E-state index in [4.69, 9.17) is 18.9 Å². The predicted octanol–water partition coefficient (Wildman–Crippen LogP) is 3.26. The van der Waals surface area contributed by atoms with Crippen LogP contribution in [0, 0.1) is 0 Å². The Balaban J connectivity index is 0.761. The molecule has 2 saturated heterocycles. The highest BCUT2D eigenvalue weighted by atomic mass is 16.5. The van der Waals surface area contributed by atoms with Gasteiger partial charge in [0.1, 0.15) is 29.0 Å². The molecule has 17 nitrogen and oxygen atoms in total. The topological polar surface area (TPSA) is 189 Å². The Kier molecular flexibility index (Phi) is 11.2. The normalized spacial score (nSPS) is 17.0. The van der Waals surface area contributed by atoms with Crippen molar-refractivity contribution in [3.63, 3.8) is 0 Å². The maximum atomic E-state index is 13.1. The number of piperidine rings is 1. The number of hydrogen-bond acceptors (Lipinski definition) is 13. The zero-order valence-corrected chi connectivity index (χ0v) is 33.0. The van der Waals surface area contributed by atoms with Gasteiger partial charge in [0.05, 0.1) is 61.8 Å². The first-order valence-electron chi connectivity index (χ1n) is 19.5. The maximum Gasteiger partial charge on any atom is 0.262 e. The lowest BCUT2D eigenvalue weighted by molar-refractivity contribution is -0.136. The molecule has 0 bridgehead atoms. The second-order valence-electron chi connectivity index (χ2n) is 14.9. The molecule has 6 heterocycles. The average Bonchev–Trinajstić information content (AvgIpc) is 3.78. The van der Waals surface area contributed by atoms with Crippen molar-refractivity contribution >= 4 is 34.4 Å². The quantitative estimate of drug-likeness (QED) is 0.113. The molecule has 0 radical (unpaired) electrons. The Morgan fingerprint density at radius 2 is 1.64 bits per heavy atom. The van der Waals surface area contributed by atoms with Gasteiger partial charge in [0, 0.05) is 63.8 Å². The van der Waals surface area contributed by atoms with Gasteiger partial charge in [0.25, 0.3) is 17.4 Å². The summed E-state index contributed by atoms with van der Waals surface area (Å²) in [6.45, 7) is 3.56. The van der Waals surface area contributed by atoms with Crippen LogP contribution in [0.15, 0.2) is 66.0 Å². The van der Waals surface area contributed by atoms with Crippen LogP contribution >= 0.6 is 0 Å². The van der Waals surface area contributed by atoms with Crippen LogP contribution in [-0.4, -0.2) is 104 Å². The number of imide groups is 2. The molecule has 3 aliphatic rings. The summed E-state index contributed by atoms with van der Waals surface area (Å²) in [7, 11) is 5.02. The molecule has 3 aliphatic heterocycles. The minimum Gasteiger partial charge on any atom is -0.496 e. The zero-order chi connectivity index (χ0) is 41.2. The first kappa shape index (κ1) is 39.4. The van der Waals surface area contributed by atoms with Crippen LogP contribution in [0.25, 0.3) is 21.9 Å². The fourth-order valence-corrected chi connectivity index (χ4v) is 7.82. The van der Waals surface area contributed by atoms with Gasteiger partial charge in [0.2, 0.25) is 11.8 Å². The lowest BCUT2D eigenvalue weighted by Gasteiger charge is -2.39. The number of aryl methyl sites for hydroxylation is 2. The number of ether oxygens (including phenoxy) is 4. The molecule has 5 aromatic rings. The number of aromatic nitrogens is 5. The third-order valence-electron chi connectivity index (χ3n) is 11.0. The van der Waals surface area contributed by atoms with Crippen molar-refractivity contribution in [3.05, 3.63) is 93.9 Å². The number of amides is 4. The monoisotopic (exact) mass is 804 g/mol. The van der Waals surface area contributed by atoms with Crippen molar-refractivity contribution in [2.45, 2.75) is 63.9 Å². The molecular formula is C42H44N8O9. The van der Waals surface area contributed by atoms with Crippen molar-refractivity contribution in [1.29, 1.82) is 0 Å². The molecule has 59 heavy (non-hydrogen) atoms. The molecule has 2 fully saturated rings. The van der Waals surface area contributed by atoms with E-state index in [1.165, 1.54) is 12.1 Å². The number of methoxy groups -OCH3 is 2. The lowest BCUT2D eigenvalue weighted by atomic mass is 9.98. The summed E-state index contributed by atoms with van der Waals surface area (Å²) in [6.07, 6.45) is 9.71. The van der Waals surface area contributed by atoms with Crippen molar-refractivity contribution < 1.29 is 38.1 Å². The third kappa shape index (κ3) is 8.03. The molecule has 3 aromatic heterocycles. The fourth-order valence-electron chi connectivity index (χ4n) is 7.82. The van der Waals surface area contributed by atoms with Gasteiger partial charge in [-0.3, -0.25) is 48.8 Å². The van der Waals surface area contributed by atoms with Crippen molar-refractivity contribution in [1.82, 2.24) is 39.7 Å². The summed E-state index contributed by atoms with van der Waals surface area (Å²) in [4.78, 5) is 69.9. The Bertz CT molecular complexity index is 2480. The number of carbonyl (C=O) groups excluding carboxylic acids is 4. The number of fused-ring (bicyclic) bond motifs is 2. The summed E-state index contributed by atoms with van der Waals surface area (Å²) in [6, 6.07) is 9.52. The van der Waals surface area contributed by atoms with Crippen molar-refractivity contribution in [3.8, 4) is 28.4 Å². The predicted molar refractivity (Wildman–Crippen MR) is 212 cm³/mol. The number of hydrogen-bond donors (Lipinski definition) is 1. The van der Waals surface area contributed by atoms with E-state index in [2.05, 4.69) is 25.5 Å². The Labute approximate surface area is 338 Å². The molecule has 1 N–H and O–H groups in total. The lowest BCUT2D eigenvalue weighted by Crippen LogP contribution is -2.54. The summed E-state index contributed by atoms with van der Waals surface area (Å²) < 4.78 is 27.1. The second kappa shape index (κ2) is 16.8. The number of carbonyl (C=O) groups is 4. The number of likely N-dealkylation sites (tertiary alicyclic amines) is 1. The van der Waals surface area contributed by atoms with E-state index in [0.717, 1.165) is 65.0 Å². The summed E-state index contributed by atoms with van der Waals surface area (Å²) in [5.74, 6) is -0.314. The smallest absolute Gasteiger partial charge is 0.262 e. The van der Waals surface area contributed by atoms with Crippen LogP contribution in [0.1, 0.15) is 64.1 Å². The first-order chi connectivity index (χ1) is 28.6. The van der Waals surface area contributed by atoms with Crippen LogP contribution in [0.2, 0.25) is 0 Å². The summed E-state index contributed by atoms with van der Waals surface area (Å²) >= 11 is 0. The van der Waals surface area contributed by atoms with Gasteiger partial charge in [-0.05, 0) is 73.0 Å². The molecule has 8 rings (SSSR count). The molecule has 306 valence electrons. The van der Waals surface area contributed by atoms with Gasteiger partial charge >= 0.3 is 0 Å². The van der Waals surface area contributed by atoms with E-state index in [1.807, 2.05) is 30.6 Å². The summed E-state index contributed by atoms with van der Waals surface area (Å²) in [5.41, 5.74) is 3.73. The zero-order valence-electron chi connectivity index (χ0n) is 33.0. The van der Waals surface area contributed by atoms with Crippen molar-refractivity contribution in [2.75, 3.05) is 33.9 Å². The first-order valence-corrected chi connectivity index (χ1v) is 19.5. The Morgan fingerprint density at radius 1 is 0.864 bits per heavy atom. The minimum absolute atomic E-state index is 0.0514. The van der Waals surface area contributed by atoms with Crippen LogP contribution < -0.4 is 25.1 Å². The summed E-state index contributed by atoms with van der Waals surface area (Å²) in [5, 5.41) is 12.1. The molecule has 0 aliphatic carbocycles. The largest absolute Gasteiger partial charge is 0.496 e. The number of nitrogens with zero attached hydrogens (tertiary/aromatic N) is 7. The van der Waals surface area contributed by atoms with Gasteiger partial charge < -0.3 is 23.5 Å². The highest BCUT2D eigenvalue weighted by Crippen LogP contribution is 2.38. The average molecular weight is 805 g/mol. The number of unbranched alkanes of at least 4 members (excludes halogenated alkanes) is 2. The van der Waals surface area contributed by atoms with E-state index < -0.39 is 29.7 Å². The molecule has 0 spiro atoms. The van der Waals surface area contributed by atoms with Gasteiger partial charge in [-0.1, -0.05) is 5.21 Å². The van der Waals surface area contributed by atoms with E-state index in [9.17, 15) is 24.0 Å². The number of benzene rings is 2. The van der Waals surface area contributed by atoms with Crippen LogP contribution in [0.3, 0.4) is 0 Å². The van der Waals surface area contributed by atoms with Crippen molar-refractivity contribution in [2.24, 2.45) is 7.05 Å². The van der Waals surface area contributed by atoms with Gasteiger partial charge in [0.15, 0.2) is 0 Å². The van der Waals surface area contributed by atoms with E-state index in [1.54, 1.807) is 49.0 Å². The molecule has 1 atom stereocenters. The van der Waals surface area contributed by atoms with Gasteiger partial charge in [-0.15, -0.1) is 5.10 Å². The molecule has 4 amide bonds. The molecule has 0 saturated carbocycles. The Morgan fingerprint density at radius 3 is 2.41 bits per heavy atom. The second-order valence-corrected chi connectivity index (χ2v) is 14.9. The Hall–Kier alpha value is -6.46. The molecule has 1 unspecified atom stereocenters. The minimum atomic E-state index is -1.01. The highest BCUT2D eigenvalue weighted by Gasteiger charge is 2.44. The number of nitrogens with one attached hydrogen (secondary N) is 1. The number of rotatable bonds is 16. The van der Waals surface area contributed by atoms with Crippen LogP contribution in [0.4, 0.5) is 0 Å². The molecular weight excluding hydrogens is 761 g/mol. The van der Waals surface area contributed by atoms with E-state index in [0.29, 0.717) is 48.9 Å². The van der Waals surface area contributed by atoms with Gasteiger partial charge in [-0.2, -0.15) is 0 Å². The van der Waals surface area contributed by atoms with Crippen LogP contribution in [-0.2, 0) is 41.1 Å². The third-order valence-corrected chi connectivity index (χ3v) is 11.0. The SMILES string of the molecule is COc1cc(-c2cn(C)c(=O)c3cnccc23)cc(OC)c1CN1CC(OCc2cn(CCCCCOc3ccc4c(c3)C(=O)N(C3CCC(=O)NC3=O)C4=O)nn2)C1. The molecule has 2 aromatic carbocycles. The van der Waals surface area contributed by atoms with Gasteiger partial charge in [-0.25, -0.2) is 0 Å². The molecule has 17 heteroatoms.